The topological polar surface area (TPSA) is 98.0 Å². The van der Waals surface area contributed by atoms with Crippen LogP contribution in [0.4, 0.5) is 8.78 Å². The fraction of sp³-hybridized carbons (Fsp3) is 0. The number of benzene rings is 2. The Morgan fingerprint density at radius 2 is 1.65 bits per heavy atom. The molecule has 0 atom stereocenters. The van der Waals surface area contributed by atoms with Crippen molar-refractivity contribution in [1.82, 2.24) is 0 Å². The molecule has 2 rings (SSSR count). The summed E-state index contributed by atoms with van der Waals surface area (Å²) in [6.45, 7) is 0. The lowest BCUT2D eigenvalue weighted by atomic mass is 9.97. The van der Waals surface area contributed by atoms with Crippen LogP contribution in [0.15, 0.2) is 24.3 Å². The van der Waals surface area contributed by atoms with Crippen molar-refractivity contribution in [2.45, 2.75) is 0 Å². The zero-order valence-electron chi connectivity index (χ0n) is 9.76. The molecule has 104 valence electrons. The summed E-state index contributed by atoms with van der Waals surface area (Å²) >= 11 is 0. The zero-order valence-corrected chi connectivity index (χ0v) is 9.76. The lowest BCUT2D eigenvalue weighted by Gasteiger charge is -2.12. The molecule has 2 aromatic carbocycles. The molecule has 0 radical (unpaired) electrons. The number of carboxylic acids is 1. The predicted molar refractivity (Wildman–Crippen MR) is 63.7 cm³/mol. The van der Waals surface area contributed by atoms with Gasteiger partial charge in [-0.1, -0.05) is 0 Å². The first kappa shape index (κ1) is 13.6. The van der Waals surface area contributed by atoms with Crippen molar-refractivity contribution in [3.63, 3.8) is 0 Å². The summed E-state index contributed by atoms with van der Waals surface area (Å²) < 4.78 is 26.9. The molecule has 0 spiro atoms. The van der Waals surface area contributed by atoms with Crippen LogP contribution in [-0.2, 0) is 0 Å². The fourth-order valence-electron chi connectivity index (χ4n) is 1.77. The third-order valence-corrected chi connectivity index (χ3v) is 2.68. The van der Waals surface area contributed by atoms with Gasteiger partial charge >= 0.3 is 5.97 Å². The molecule has 0 aromatic heterocycles. The van der Waals surface area contributed by atoms with Gasteiger partial charge in [-0.2, -0.15) is 0 Å². The Kier molecular flexibility index (Phi) is 3.19. The van der Waals surface area contributed by atoms with Crippen LogP contribution in [0.2, 0.25) is 0 Å². The number of phenols is 3. The van der Waals surface area contributed by atoms with Gasteiger partial charge < -0.3 is 20.4 Å². The number of aromatic hydroxyl groups is 3. The quantitative estimate of drug-likeness (QED) is 0.634. The lowest BCUT2D eigenvalue weighted by Crippen LogP contribution is -2.01. The predicted octanol–water partition coefficient (Wildman–Crippen LogP) is 2.45. The number of phenolic OH excluding ortho intramolecular Hbond substituents is 3. The van der Waals surface area contributed by atoms with Gasteiger partial charge in [-0.15, -0.1) is 0 Å². The lowest BCUT2D eigenvalue weighted by molar-refractivity contribution is 0.0696. The molecule has 0 aliphatic carbocycles. The first-order valence-electron chi connectivity index (χ1n) is 5.29. The smallest absolute Gasteiger partial charge is 0.336 e. The molecule has 0 amide bonds. The number of hydrogen-bond acceptors (Lipinski definition) is 4. The summed E-state index contributed by atoms with van der Waals surface area (Å²) in [5.41, 5.74) is -1.85. The summed E-state index contributed by atoms with van der Waals surface area (Å²) in [6.07, 6.45) is 0. The Morgan fingerprint density at radius 1 is 1.00 bits per heavy atom. The summed E-state index contributed by atoms with van der Waals surface area (Å²) in [7, 11) is 0. The molecule has 0 fully saturated rings. The van der Waals surface area contributed by atoms with E-state index in [4.69, 9.17) is 5.11 Å². The number of carbonyl (C=O) groups is 1. The first-order valence-corrected chi connectivity index (χ1v) is 5.29. The minimum Gasteiger partial charge on any atom is -0.504 e. The molecule has 0 saturated carbocycles. The van der Waals surface area contributed by atoms with Crippen molar-refractivity contribution in [1.29, 1.82) is 0 Å². The standard InChI is InChI=1S/C13H8F2O5/c14-5-1-2-8(15)6(3-5)10-7(13(19)20)4-9(16)11(17)12(10)18/h1-4,16-18H,(H,19,20). The molecular weight excluding hydrogens is 274 g/mol. The number of rotatable bonds is 2. The van der Waals surface area contributed by atoms with Crippen LogP contribution >= 0.6 is 0 Å². The molecular formula is C13H8F2O5. The highest BCUT2D eigenvalue weighted by Gasteiger charge is 2.24. The molecule has 2 aromatic rings. The number of hydrogen-bond donors (Lipinski definition) is 4. The van der Waals surface area contributed by atoms with E-state index < -0.39 is 51.5 Å². The van der Waals surface area contributed by atoms with Gasteiger partial charge in [0.2, 0.25) is 5.75 Å². The van der Waals surface area contributed by atoms with Crippen LogP contribution in [0, 0.1) is 11.6 Å². The molecule has 4 N–H and O–H groups in total. The molecule has 7 heteroatoms. The van der Waals surface area contributed by atoms with E-state index in [-0.39, 0.29) is 0 Å². The second-order valence-corrected chi connectivity index (χ2v) is 3.94. The van der Waals surface area contributed by atoms with Crippen LogP contribution in [-0.4, -0.2) is 26.4 Å². The van der Waals surface area contributed by atoms with E-state index in [9.17, 15) is 28.9 Å². The van der Waals surface area contributed by atoms with Crippen molar-refractivity contribution >= 4 is 5.97 Å². The minimum absolute atomic E-state index is 0.546. The van der Waals surface area contributed by atoms with Gasteiger partial charge in [-0.05, 0) is 24.3 Å². The Bertz CT molecular complexity index is 712. The number of aromatic carboxylic acids is 1. The van der Waals surface area contributed by atoms with E-state index in [2.05, 4.69) is 0 Å². The maximum absolute atomic E-state index is 13.7. The van der Waals surface area contributed by atoms with E-state index in [1.807, 2.05) is 0 Å². The van der Waals surface area contributed by atoms with Crippen molar-refractivity contribution in [2.75, 3.05) is 0 Å². The van der Waals surface area contributed by atoms with Gasteiger partial charge in [0.1, 0.15) is 11.6 Å². The second kappa shape index (κ2) is 4.69. The molecule has 0 aliphatic heterocycles. The van der Waals surface area contributed by atoms with Gasteiger partial charge in [0.05, 0.1) is 5.56 Å². The summed E-state index contributed by atoms with van der Waals surface area (Å²) in [4.78, 5) is 11.1. The van der Waals surface area contributed by atoms with E-state index in [1.165, 1.54) is 0 Å². The second-order valence-electron chi connectivity index (χ2n) is 3.94. The molecule has 0 saturated heterocycles. The molecule has 5 nitrogen and oxygen atoms in total. The average molecular weight is 282 g/mol. The van der Waals surface area contributed by atoms with Crippen LogP contribution in [0.1, 0.15) is 10.4 Å². The zero-order chi connectivity index (χ0) is 15.0. The maximum Gasteiger partial charge on any atom is 0.336 e. The molecule has 0 heterocycles. The van der Waals surface area contributed by atoms with Gasteiger partial charge in [0.25, 0.3) is 0 Å². The first-order chi connectivity index (χ1) is 9.32. The third-order valence-electron chi connectivity index (χ3n) is 2.68. The summed E-state index contributed by atoms with van der Waals surface area (Å²) in [5, 5.41) is 37.4. The number of carboxylic acid groups (broad SMARTS) is 1. The van der Waals surface area contributed by atoms with Crippen molar-refractivity contribution in [2.24, 2.45) is 0 Å². The number of halogens is 2. The van der Waals surface area contributed by atoms with Crippen LogP contribution in [0.3, 0.4) is 0 Å². The SMILES string of the molecule is O=C(O)c1cc(O)c(O)c(O)c1-c1cc(F)ccc1F. The largest absolute Gasteiger partial charge is 0.504 e. The highest BCUT2D eigenvalue weighted by Crippen LogP contribution is 2.45. The fourth-order valence-corrected chi connectivity index (χ4v) is 1.77. The van der Waals surface area contributed by atoms with Crippen molar-refractivity contribution in [3.8, 4) is 28.4 Å². The maximum atomic E-state index is 13.7. The molecule has 20 heavy (non-hydrogen) atoms. The van der Waals surface area contributed by atoms with Crippen LogP contribution in [0.25, 0.3) is 11.1 Å². The normalized spacial score (nSPS) is 10.5. The summed E-state index contributed by atoms with van der Waals surface area (Å²) in [5.74, 6) is -6.39. The van der Waals surface area contributed by atoms with E-state index in [0.29, 0.717) is 12.1 Å². The van der Waals surface area contributed by atoms with Gasteiger partial charge in [-0.25, -0.2) is 13.6 Å². The van der Waals surface area contributed by atoms with Gasteiger partial charge in [0, 0.05) is 11.1 Å². The minimum atomic E-state index is -1.59. The monoisotopic (exact) mass is 282 g/mol. The Hall–Kier alpha value is -2.83. The Morgan fingerprint density at radius 3 is 2.25 bits per heavy atom. The average Bonchev–Trinajstić information content (AvgIpc) is 2.38. The van der Waals surface area contributed by atoms with Crippen LogP contribution < -0.4 is 0 Å². The Labute approximate surface area is 111 Å². The van der Waals surface area contributed by atoms with E-state index >= 15 is 0 Å². The third kappa shape index (κ3) is 2.09. The molecule has 0 unspecified atom stereocenters. The van der Waals surface area contributed by atoms with E-state index in [0.717, 1.165) is 12.1 Å². The van der Waals surface area contributed by atoms with Crippen molar-refractivity contribution in [3.05, 3.63) is 41.5 Å². The van der Waals surface area contributed by atoms with Gasteiger partial charge in [0.15, 0.2) is 11.5 Å². The molecule has 0 aliphatic rings. The van der Waals surface area contributed by atoms with Crippen LogP contribution in [0.5, 0.6) is 17.2 Å². The molecule has 0 bridgehead atoms. The summed E-state index contributed by atoms with van der Waals surface area (Å²) in [6, 6.07) is 2.88. The highest BCUT2D eigenvalue weighted by molar-refractivity contribution is 5.99. The highest BCUT2D eigenvalue weighted by atomic mass is 19.1. The van der Waals surface area contributed by atoms with Gasteiger partial charge in [-0.3, -0.25) is 0 Å². The van der Waals surface area contributed by atoms with E-state index in [1.54, 1.807) is 0 Å². The van der Waals surface area contributed by atoms with Crippen molar-refractivity contribution < 1.29 is 34.0 Å². The Balaban J connectivity index is 2.88.